The van der Waals surface area contributed by atoms with E-state index in [2.05, 4.69) is 15.6 Å². The van der Waals surface area contributed by atoms with Crippen molar-refractivity contribution in [1.82, 2.24) is 20.6 Å². The molecule has 0 fully saturated rings. The van der Waals surface area contributed by atoms with Gasteiger partial charge in [0.15, 0.2) is 0 Å². The average Bonchev–Trinajstić information content (AvgIpc) is 3.39. The highest BCUT2D eigenvalue weighted by molar-refractivity contribution is 6.05. The second-order valence-electron chi connectivity index (χ2n) is 9.83. The maximum Gasteiger partial charge on any atom is 0.255 e. The van der Waals surface area contributed by atoms with Crippen molar-refractivity contribution in [2.24, 2.45) is 0 Å². The number of aromatic nitrogens is 2. The van der Waals surface area contributed by atoms with Gasteiger partial charge in [-0.05, 0) is 50.2 Å². The summed E-state index contributed by atoms with van der Waals surface area (Å²) in [5.41, 5.74) is 6.01. The molecule has 1 heterocycles. The van der Waals surface area contributed by atoms with Gasteiger partial charge in [-0.1, -0.05) is 24.3 Å². The van der Waals surface area contributed by atoms with Crippen molar-refractivity contribution >= 4 is 23.2 Å². The Morgan fingerprint density at radius 2 is 1.20 bits per heavy atom. The first-order valence-corrected chi connectivity index (χ1v) is 13.2. The van der Waals surface area contributed by atoms with Crippen LogP contribution in [0.3, 0.4) is 0 Å². The van der Waals surface area contributed by atoms with Crippen molar-refractivity contribution in [3.63, 3.8) is 0 Å². The minimum Gasteiger partial charge on any atom is -0.506 e. The van der Waals surface area contributed by atoms with Crippen molar-refractivity contribution in [1.29, 1.82) is 0 Å². The van der Waals surface area contributed by atoms with Crippen LogP contribution in [-0.2, 0) is 0 Å². The van der Waals surface area contributed by atoms with Crippen LogP contribution in [0.15, 0.2) is 60.7 Å². The number of benzene rings is 3. The van der Waals surface area contributed by atoms with Gasteiger partial charge in [0.05, 0.1) is 22.5 Å². The minimum atomic E-state index is -0.474. The first kappa shape index (κ1) is 28.2. The number of hydrogen-bond donors (Lipinski definition) is 4. The molecule has 4 rings (SSSR count). The highest BCUT2D eigenvalue weighted by Crippen LogP contribution is 2.36. The lowest BCUT2D eigenvalue weighted by Crippen LogP contribution is -2.26. The molecule has 0 saturated carbocycles. The van der Waals surface area contributed by atoms with Gasteiger partial charge in [-0.2, -0.15) is 0 Å². The molecule has 4 N–H and O–H groups in total. The van der Waals surface area contributed by atoms with Crippen LogP contribution < -0.4 is 20.4 Å². The molecular weight excluding hydrogens is 504 g/mol. The van der Waals surface area contributed by atoms with Gasteiger partial charge >= 0.3 is 0 Å². The summed E-state index contributed by atoms with van der Waals surface area (Å²) in [4.78, 5) is 38.1. The van der Waals surface area contributed by atoms with Gasteiger partial charge in [0, 0.05) is 69.3 Å². The van der Waals surface area contributed by atoms with Gasteiger partial charge in [0.2, 0.25) is 0 Å². The molecule has 9 heteroatoms. The second-order valence-corrected chi connectivity index (χ2v) is 9.83. The topological polar surface area (TPSA) is 114 Å². The molecule has 3 aromatic carbocycles. The highest BCUT2D eigenvalue weighted by Gasteiger charge is 2.23. The smallest absolute Gasteiger partial charge is 0.255 e. The van der Waals surface area contributed by atoms with Crippen molar-refractivity contribution in [2.45, 2.75) is 13.8 Å². The molecule has 0 unspecified atom stereocenters. The number of nitrogens with one attached hydrogen (secondary N) is 3. The van der Waals surface area contributed by atoms with Gasteiger partial charge < -0.3 is 30.5 Å². The third-order valence-corrected chi connectivity index (χ3v) is 6.58. The fraction of sp³-hybridized carbons (Fsp3) is 0.258. The summed E-state index contributed by atoms with van der Waals surface area (Å²) in [7, 11) is 7.96. The number of aromatic hydroxyl groups is 1. The van der Waals surface area contributed by atoms with Gasteiger partial charge in [0.25, 0.3) is 11.8 Å². The van der Waals surface area contributed by atoms with Crippen LogP contribution >= 0.6 is 0 Å². The van der Waals surface area contributed by atoms with E-state index in [9.17, 15) is 14.7 Å². The van der Waals surface area contributed by atoms with E-state index in [1.807, 2.05) is 86.5 Å². The van der Waals surface area contributed by atoms with Crippen LogP contribution in [0.1, 0.15) is 34.6 Å². The maximum absolute atomic E-state index is 12.8. The van der Waals surface area contributed by atoms with Crippen molar-refractivity contribution in [3.05, 3.63) is 71.8 Å². The van der Waals surface area contributed by atoms with Crippen LogP contribution in [-0.4, -0.2) is 68.2 Å². The number of aromatic amines is 1. The molecule has 4 aromatic rings. The molecule has 0 aliphatic rings. The predicted molar refractivity (Wildman–Crippen MR) is 161 cm³/mol. The van der Waals surface area contributed by atoms with E-state index >= 15 is 0 Å². The predicted octanol–water partition coefficient (Wildman–Crippen LogP) is 4.75. The number of H-pyrrole nitrogens is 1. The molecule has 9 nitrogen and oxygen atoms in total. The zero-order valence-electron chi connectivity index (χ0n) is 23.8. The normalized spacial score (nSPS) is 10.8. The van der Waals surface area contributed by atoms with E-state index in [-0.39, 0.29) is 16.9 Å². The van der Waals surface area contributed by atoms with E-state index in [4.69, 9.17) is 4.98 Å². The fourth-order valence-corrected chi connectivity index (χ4v) is 4.40. The van der Waals surface area contributed by atoms with Gasteiger partial charge in [0.1, 0.15) is 11.6 Å². The fourth-order valence-electron chi connectivity index (χ4n) is 4.40. The van der Waals surface area contributed by atoms with Crippen LogP contribution in [0.5, 0.6) is 5.75 Å². The van der Waals surface area contributed by atoms with Crippen LogP contribution in [0, 0.1) is 0 Å². The minimum absolute atomic E-state index is 0.00535. The summed E-state index contributed by atoms with van der Waals surface area (Å²) in [6, 6.07) is 19.3. The van der Waals surface area contributed by atoms with Crippen molar-refractivity contribution in [3.8, 4) is 39.7 Å². The number of carbonyl (C=O) groups excluding carboxylic acids is 2. The Hall–Kier alpha value is -4.79. The molecule has 208 valence electrons. The number of nitrogens with zero attached hydrogens (tertiary/aromatic N) is 3. The van der Waals surface area contributed by atoms with Gasteiger partial charge in [-0.15, -0.1) is 0 Å². The van der Waals surface area contributed by atoms with E-state index < -0.39 is 11.8 Å². The van der Waals surface area contributed by atoms with Crippen LogP contribution in [0.2, 0.25) is 0 Å². The maximum atomic E-state index is 12.8. The number of phenols is 1. The Morgan fingerprint density at radius 3 is 1.62 bits per heavy atom. The highest BCUT2D eigenvalue weighted by atomic mass is 16.3. The standard InChI is InChI=1S/C31H36N6O3/c1-7-32-30(39)24-17-21(18-25(28(24)38)31(40)33-8-2)29-34-26(19-9-13-22(14-10-19)36(3)4)27(35-29)20-11-15-23(16-12-20)37(5)6/h9-18,38H,7-8H2,1-6H3,(H,32,39)(H,33,40)(H,34,35). The second kappa shape index (κ2) is 11.9. The third kappa shape index (κ3) is 5.78. The first-order chi connectivity index (χ1) is 19.1. The first-order valence-electron chi connectivity index (χ1n) is 13.2. The summed E-state index contributed by atoms with van der Waals surface area (Å²) in [6.07, 6.45) is 0. The lowest BCUT2D eigenvalue weighted by Gasteiger charge is -2.13. The van der Waals surface area contributed by atoms with Crippen LogP contribution in [0.25, 0.3) is 33.9 Å². The molecule has 0 spiro atoms. The molecule has 0 saturated heterocycles. The van der Waals surface area contributed by atoms with E-state index in [0.29, 0.717) is 24.5 Å². The monoisotopic (exact) mass is 540 g/mol. The summed E-state index contributed by atoms with van der Waals surface area (Å²) in [6.45, 7) is 4.33. The molecule has 0 bridgehead atoms. The Bertz CT molecular complexity index is 1400. The summed E-state index contributed by atoms with van der Waals surface area (Å²) in [5.74, 6) is -0.850. The summed E-state index contributed by atoms with van der Waals surface area (Å²) >= 11 is 0. The third-order valence-electron chi connectivity index (χ3n) is 6.58. The molecule has 0 aliphatic heterocycles. The van der Waals surface area contributed by atoms with Crippen molar-refractivity contribution < 1.29 is 14.7 Å². The molecule has 0 radical (unpaired) electrons. The Balaban J connectivity index is 1.92. The molecular formula is C31H36N6O3. The lowest BCUT2D eigenvalue weighted by molar-refractivity contribution is 0.0951. The molecule has 1 aromatic heterocycles. The SMILES string of the molecule is CCNC(=O)c1cc(-c2nc(-c3ccc(N(C)C)cc3)c(-c3ccc(N(C)C)cc3)[nH]2)cc(C(=O)NCC)c1O. The zero-order valence-corrected chi connectivity index (χ0v) is 23.8. The van der Waals surface area contributed by atoms with Gasteiger partial charge in [-0.25, -0.2) is 4.98 Å². The molecule has 0 atom stereocenters. The summed E-state index contributed by atoms with van der Waals surface area (Å²) in [5, 5.41) is 16.3. The number of phenolic OH excluding ortho intramolecular Hbond substituents is 1. The summed E-state index contributed by atoms with van der Waals surface area (Å²) < 4.78 is 0. The van der Waals surface area contributed by atoms with E-state index in [1.54, 1.807) is 26.0 Å². The average molecular weight is 541 g/mol. The zero-order chi connectivity index (χ0) is 29.0. The quantitative estimate of drug-likeness (QED) is 0.244. The van der Waals surface area contributed by atoms with Crippen LogP contribution in [0.4, 0.5) is 11.4 Å². The van der Waals surface area contributed by atoms with Crippen molar-refractivity contribution in [2.75, 3.05) is 51.1 Å². The number of imidazole rings is 1. The lowest BCUT2D eigenvalue weighted by atomic mass is 10.0. The largest absolute Gasteiger partial charge is 0.506 e. The van der Waals surface area contributed by atoms with E-state index in [0.717, 1.165) is 33.9 Å². The Morgan fingerprint density at radius 1 is 0.750 bits per heavy atom. The molecule has 0 aliphatic carbocycles. The number of rotatable bonds is 9. The number of hydrogen-bond acceptors (Lipinski definition) is 6. The van der Waals surface area contributed by atoms with E-state index in [1.165, 1.54) is 0 Å². The number of anilines is 2. The molecule has 2 amide bonds. The number of carbonyl (C=O) groups is 2. The van der Waals surface area contributed by atoms with Gasteiger partial charge in [-0.3, -0.25) is 9.59 Å². The Kier molecular flexibility index (Phi) is 8.43. The Labute approximate surface area is 234 Å². The number of amides is 2. The molecule has 40 heavy (non-hydrogen) atoms.